The van der Waals surface area contributed by atoms with Crippen molar-refractivity contribution >= 4 is 40.5 Å². The average Bonchev–Trinajstić information content (AvgIpc) is 2.61. The minimum absolute atomic E-state index is 0.0648. The number of rotatable bonds is 3. The summed E-state index contributed by atoms with van der Waals surface area (Å²) >= 11 is 12.0. The minimum Gasteiger partial charge on any atom is -0.368 e. The molecule has 0 spiro atoms. The fourth-order valence-electron chi connectivity index (χ4n) is 2.79. The van der Waals surface area contributed by atoms with Gasteiger partial charge in [0.25, 0.3) is 11.6 Å². The van der Waals surface area contributed by atoms with Gasteiger partial charge in [0, 0.05) is 49.0 Å². The second-order valence-corrected chi connectivity index (χ2v) is 6.52. The highest BCUT2D eigenvalue weighted by atomic mass is 35.5. The second-order valence-electron chi connectivity index (χ2n) is 5.68. The van der Waals surface area contributed by atoms with Gasteiger partial charge in [-0.25, -0.2) is 0 Å². The van der Waals surface area contributed by atoms with Crippen LogP contribution in [0.25, 0.3) is 0 Å². The molecule has 0 atom stereocenters. The van der Waals surface area contributed by atoms with Crippen LogP contribution in [0.15, 0.2) is 42.5 Å². The second kappa shape index (κ2) is 7.29. The number of anilines is 1. The molecule has 0 aliphatic carbocycles. The Bertz CT molecular complexity index is 803. The SMILES string of the molecule is O=C(c1ccc(Cl)cc1Cl)N1CCN(c2ccc([N+](=O)[O-])cc2)CC1. The lowest BCUT2D eigenvalue weighted by molar-refractivity contribution is -0.384. The van der Waals surface area contributed by atoms with Crippen LogP contribution in [0.1, 0.15) is 10.4 Å². The number of halogens is 2. The molecule has 0 unspecified atom stereocenters. The zero-order chi connectivity index (χ0) is 18.0. The summed E-state index contributed by atoms with van der Waals surface area (Å²) in [6.07, 6.45) is 0. The van der Waals surface area contributed by atoms with Crippen LogP contribution in [0, 0.1) is 10.1 Å². The summed E-state index contributed by atoms with van der Waals surface area (Å²) in [5.41, 5.74) is 1.41. The van der Waals surface area contributed by atoms with Crippen LogP contribution in [0.2, 0.25) is 10.0 Å². The third-order valence-electron chi connectivity index (χ3n) is 4.15. The van der Waals surface area contributed by atoms with Crippen LogP contribution in [0.4, 0.5) is 11.4 Å². The van der Waals surface area contributed by atoms with Gasteiger partial charge in [-0.15, -0.1) is 0 Å². The maximum atomic E-state index is 12.6. The quantitative estimate of drug-likeness (QED) is 0.599. The van der Waals surface area contributed by atoms with Crippen molar-refractivity contribution in [3.63, 3.8) is 0 Å². The first kappa shape index (κ1) is 17.5. The topological polar surface area (TPSA) is 66.7 Å². The molecule has 0 N–H and O–H groups in total. The van der Waals surface area contributed by atoms with Crippen molar-refractivity contribution in [3.8, 4) is 0 Å². The molecule has 0 saturated carbocycles. The Kier molecular flexibility index (Phi) is 5.11. The van der Waals surface area contributed by atoms with Crippen molar-refractivity contribution in [2.75, 3.05) is 31.1 Å². The van der Waals surface area contributed by atoms with E-state index in [1.807, 2.05) is 0 Å². The van der Waals surface area contributed by atoms with E-state index < -0.39 is 4.92 Å². The number of hydrogen-bond acceptors (Lipinski definition) is 4. The van der Waals surface area contributed by atoms with Crippen LogP contribution in [-0.2, 0) is 0 Å². The zero-order valence-electron chi connectivity index (χ0n) is 13.2. The summed E-state index contributed by atoms with van der Waals surface area (Å²) in [6, 6.07) is 11.3. The summed E-state index contributed by atoms with van der Waals surface area (Å²) in [6.45, 7) is 2.40. The fraction of sp³-hybridized carbons (Fsp3) is 0.235. The van der Waals surface area contributed by atoms with Crippen molar-refractivity contribution in [2.45, 2.75) is 0 Å². The number of benzene rings is 2. The zero-order valence-corrected chi connectivity index (χ0v) is 14.7. The summed E-state index contributed by atoms with van der Waals surface area (Å²) in [5.74, 6) is -0.120. The summed E-state index contributed by atoms with van der Waals surface area (Å²) in [7, 11) is 0. The molecular formula is C17H15Cl2N3O3. The molecular weight excluding hydrogens is 365 g/mol. The third-order valence-corrected chi connectivity index (χ3v) is 4.70. The Morgan fingerprint density at radius 3 is 2.20 bits per heavy atom. The van der Waals surface area contributed by atoms with Gasteiger partial charge < -0.3 is 9.80 Å². The first-order valence-electron chi connectivity index (χ1n) is 7.69. The van der Waals surface area contributed by atoms with Gasteiger partial charge in [0.1, 0.15) is 0 Å². The molecule has 130 valence electrons. The first-order valence-corrected chi connectivity index (χ1v) is 8.45. The number of non-ortho nitro benzene ring substituents is 1. The molecule has 3 rings (SSSR count). The molecule has 1 aliphatic heterocycles. The maximum absolute atomic E-state index is 12.6. The van der Waals surface area contributed by atoms with E-state index in [1.165, 1.54) is 12.1 Å². The van der Waals surface area contributed by atoms with Crippen LogP contribution < -0.4 is 4.90 Å². The smallest absolute Gasteiger partial charge is 0.269 e. The van der Waals surface area contributed by atoms with E-state index in [4.69, 9.17) is 23.2 Å². The number of carbonyl (C=O) groups is 1. The van der Waals surface area contributed by atoms with E-state index in [0.29, 0.717) is 41.8 Å². The Morgan fingerprint density at radius 2 is 1.64 bits per heavy atom. The highest BCUT2D eigenvalue weighted by Gasteiger charge is 2.24. The molecule has 0 bridgehead atoms. The molecule has 1 fully saturated rings. The van der Waals surface area contributed by atoms with Crippen molar-refractivity contribution in [1.29, 1.82) is 0 Å². The van der Waals surface area contributed by atoms with Crippen LogP contribution in [-0.4, -0.2) is 41.9 Å². The average molecular weight is 380 g/mol. The first-order chi connectivity index (χ1) is 12.0. The van der Waals surface area contributed by atoms with Crippen LogP contribution in [0.5, 0.6) is 0 Å². The molecule has 25 heavy (non-hydrogen) atoms. The lowest BCUT2D eigenvalue weighted by Crippen LogP contribution is -2.48. The van der Waals surface area contributed by atoms with Gasteiger partial charge >= 0.3 is 0 Å². The molecule has 6 nitrogen and oxygen atoms in total. The van der Waals surface area contributed by atoms with Gasteiger partial charge in [0.2, 0.25) is 0 Å². The van der Waals surface area contributed by atoms with Gasteiger partial charge in [-0.3, -0.25) is 14.9 Å². The van der Waals surface area contributed by atoms with E-state index in [9.17, 15) is 14.9 Å². The predicted molar refractivity (Wildman–Crippen MR) is 97.7 cm³/mol. The fourth-order valence-corrected chi connectivity index (χ4v) is 3.28. The number of nitro benzene ring substituents is 1. The molecule has 2 aromatic carbocycles. The van der Waals surface area contributed by atoms with E-state index in [2.05, 4.69) is 4.90 Å². The number of piperazine rings is 1. The van der Waals surface area contributed by atoms with E-state index >= 15 is 0 Å². The monoisotopic (exact) mass is 379 g/mol. The Balaban J connectivity index is 1.65. The highest BCUT2D eigenvalue weighted by Crippen LogP contribution is 2.24. The van der Waals surface area contributed by atoms with Gasteiger partial charge in [-0.2, -0.15) is 0 Å². The third kappa shape index (κ3) is 3.86. The number of amides is 1. The van der Waals surface area contributed by atoms with Crippen molar-refractivity contribution in [3.05, 3.63) is 68.2 Å². The number of nitrogens with zero attached hydrogens (tertiary/aromatic N) is 3. The van der Waals surface area contributed by atoms with Gasteiger partial charge in [-0.05, 0) is 30.3 Å². The summed E-state index contributed by atoms with van der Waals surface area (Å²) in [5, 5.41) is 11.6. The van der Waals surface area contributed by atoms with Crippen molar-refractivity contribution in [2.24, 2.45) is 0 Å². The van der Waals surface area contributed by atoms with Crippen LogP contribution in [0.3, 0.4) is 0 Å². The molecule has 0 radical (unpaired) electrons. The van der Waals surface area contributed by atoms with Gasteiger partial charge in [0.05, 0.1) is 15.5 Å². The molecule has 2 aromatic rings. The standard InChI is InChI=1S/C17H15Cl2N3O3/c18-12-1-6-15(16(19)11-12)17(23)21-9-7-20(8-10-21)13-2-4-14(5-3-13)22(24)25/h1-6,11H,7-10H2. The predicted octanol–water partition coefficient (Wildman–Crippen LogP) is 3.86. The van der Waals surface area contributed by atoms with Crippen molar-refractivity contribution < 1.29 is 9.72 Å². The summed E-state index contributed by atoms with van der Waals surface area (Å²) < 4.78 is 0. The molecule has 1 saturated heterocycles. The number of hydrogen-bond donors (Lipinski definition) is 0. The molecule has 1 amide bonds. The molecule has 0 aromatic heterocycles. The number of nitro groups is 1. The van der Waals surface area contributed by atoms with Gasteiger partial charge in [-0.1, -0.05) is 23.2 Å². The van der Waals surface area contributed by atoms with Crippen molar-refractivity contribution in [1.82, 2.24) is 4.90 Å². The molecule has 1 heterocycles. The maximum Gasteiger partial charge on any atom is 0.269 e. The lowest BCUT2D eigenvalue weighted by atomic mass is 10.1. The van der Waals surface area contributed by atoms with Crippen LogP contribution >= 0.6 is 23.2 Å². The Hall–Kier alpha value is -2.31. The highest BCUT2D eigenvalue weighted by molar-refractivity contribution is 6.36. The molecule has 8 heteroatoms. The van der Waals surface area contributed by atoms with E-state index in [1.54, 1.807) is 35.2 Å². The summed E-state index contributed by atoms with van der Waals surface area (Å²) in [4.78, 5) is 26.7. The number of carbonyl (C=O) groups excluding carboxylic acids is 1. The van der Waals surface area contributed by atoms with Gasteiger partial charge in [0.15, 0.2) is 0 Å². The largest absolute Gasteiger partial charge is 0.368 e. The lowest BCUT2D eigenvalue weighted by Gasteiger charge is -2.36. The Labute approximate surface area is 154 Å². The minimum atomic E-state index is -0.420. The normalized spacial score (nSPS) is 14.5. The molecule has 1 aliphatic rings. The van der Waals surface area contributed by atoms with E-state index in [0.717, 1.165) is 5.69 Å². The Morgan fingerprint density at radius 1 is 1.00 bits per heavy atom. The van der Waals surface area contributed by atoms with E-state index in [-0.39, 0.29) is 11.6 Å².